The molecule has 0 radical (unpaired) electrons. The van der Waals surface area contributed by atoms with Gasteiger partial charge in [0.15, 0.2) is 5.82 Å². The van der Waals surface area contributed by atoms with Crippen molar-refractivity contribution in [3.63, 3.8) is 0 Å². The lowest BCUT2D eigenvalue weighted by atomic mass is 9.49. The lowest BCUT2D eigenvalue weighted by Crippen LogP contribution is -2.49. The highest BCUT2D eigenvalue weighted by molar-refractivity contribution is 5.85. The summed E-state index contributed by atoms with van der Waals surface area (Å²) < 4.78 is 5.43. The van der Waals surface area contributed by atoms with Crippen LogP contribution in [-0.4, -0.2) is 10.1 Å². The Kier molecular flexibility index (Phi) is 3.18. The van der Waals surface area contributed by atoms with Crippen LogP contribution in [-0.2, 0) is 11.0 Å². The van der Waals surface area contributed by atoms with Crippen LogP contribution in [0.5, 0.6) is 0 Å². The van der Waals surface area contributed by atoms with Crippen LogP contribution in [0.3, 0.4) is 0 Å². The van der Waals surface area contributed by atoms with Crippen molar-refractivity contribution in [2.75, 3.05) is 0 Å². The van der Waals surface area contributed by atoms with Crippen LogP contribution < -0.4 is 5.73 Å². The molecule has 0 atom stereocenters. The van der Waals surface area contributed by atoms with E-state index in [1.807, 2.05) is 13.8 Å². The molecule has 4 saturated carbocycles. The minimum absolute atomic E-state index is 0. The standard InChI is InChI=1S/C15H23N3O.ClH/c1-14(2,16)13-17-12(18-19-13)15-6-9-3-10(7-15)5-11(4-9)8-15;/h9-11H,3-8,16H2,1-2H3;1H. The summed E-state index contributed by atoms with van der Waals surface area (Å²) in [5.41, 5.74) is 5.74. The molecule has 0 unspecified atom stereocenters. The fourth-order valence-electron chi connectivity index (χ4n) is 5.09. The maximum atomic E-state index is 6.07. The first-order chi connectivity index (χ1) is 8.95. The normalized spacial score (nSPS) is 38.9. The molecular formula is C15H24ClN3O. The number of rotatable bonds is 2. The van der Waals surface area contributed by atoms with Gasteiger partial charge in [-0.15, -0.1) is 12.4 Å². The number of aromatic nitrogens is 2. The molecule has 0 amide bonds. The van der Waals surface area contributed by atoms with Crippen molar-refractivity contribution in [3.8, 4) is 0 Å². The summed E-state index contributed by atoms with van der Waals surface area (Å²) >= 11 is 0. The molecule has 4 aliphatic rings. The number of halogens is 1. The van der Waals surface area contributed by atoms with Gasteiger partial charge < -0.3 is 10.3 Å². The van der Waals surface area contributed by atoms with E-state index in [4.69, 9.17) is 10.3 Å². The Balaban J connectivity index is 0.00000121. The maximum absolute atomic E-state index is 6.07. The van der Waals surface area contributed by atoms with Gasteiger partial charge in [-0.05, 0) is 70.1 Å². The Morgan fingerprint density at radius 3 is 2.00 bits per heavy atom. The van der Waals surface area contributed by atoms with Crippen molar-refractivity contribution in [2.45, 2.75) is 63.3 Å². The lowest BCUT2D eigenvalue weighted by molar-refractivity contribution is -0.0103. The van der Waals surface area contributed by atoms with E-state index in [0.717, 1.165) is 23.6 Å². The fourth-order valence-corrected chi connectivity index (χ4v) is 5.09. The van der Waals surface area contributed by atoms with E-state index in [1.54, 1.807) is 0 Å². The first kappa shape index (κ1) is 14.3. The molecule has 1 aromatic heterocycles. The first-order valence-corrected chi connectivity index (χ1v) is 7.58. The van der Waals surface area contributed by atoms with Gasteiger partial charge in [0.2, 0.25) is 5.89 Å². The molecule has 1 heterocycles. The summed E-state index contributed by atoms with van der Waals surface area (Å²) in [6.07, 6.45) is 8.11. The average Bonchev–Trinajstić information content (AvgIpc) is 2.75. The third-order valence-corrected chi connectivity index (χ3v) is 5.49. The van der Waals surface area contributed by atoms with Gasteiger partial charge in [-0.3, -0.25) is 0 Å². The van der Waals surface area contributed by atoms with Crippen LogP contribution in [0.15, 0.2) is 4.52 Å². The van der Waals surface area contributed by atoms with Crippen molar-refractivity contribution < 1.29 is 4.52 Å². The molecule has 4 nitrogen and oxygen atoms in total. The second kappa shape index (κ2) is 4.44. The number of nitrogens with two attached hydrogens (primary N) is 1. The molecule has 5 rings (SSSR count). The molecular weight excluding hydrogens is 274 g/mol. The van der Waals surface area contributed by atoms with E-state index in [2.05, 4.69) is 10.1 Å². The molecule has 0 spiro atoms. The molecule has 112 valence electrons. The second-order valence-corrected chi connectivity index (χ2v) is 7.84. The topological polar surface area (TPSA) is 64.9 Å². The van der Waals surface area contributed by atoms with Gasteiger partial charge in [0.25, 0.3) is 0 Å². The minimum Gasteiger partial charge on any atom is -0.337 e. The molecule has 0 aliphatic heterocycles. The Bertz CT molecular complexity index is 470. The summed E-state index contributed by atoms with van der Waals surface area (Å²) in [6, 6.07) is 0. The molecule has 1 aromatic rings. The SMILES string of the molecule is CC(C)(N)c1nc(C23CC4CC(CC(C4)C2)C3)no1.Cl. The average molecular weight is 298 g/mol. The summed E-state index contributed by atoms with van der Waals surface area (Å²) in [7, 11) is 0. The van der Waals surface area contributed by atoms with Crippen molar-refractivity contribution in [1.82, 2.24) is 10.1 Å². The zero-order chi connectivity index (χ0) is 13.3. The van der Waals surface area contributed by atoms with Crippen molar-refractivity contribution in [1.29, 1.82) is 0 Å². The quantitative estimate of drug-likeness (QED) is 0.910. The van der Waals surface area contributed by atoms with Gasteiger partial charge in [0.05, 0.1) is 5.54 Å². The third-order valence-electron chi connectivity index (χ3n) is 5.49. The maximum Gasteiger partial charge on any atom is 0.246 e. The highest BCUT2D eigenvalue weighted by atomic mass is 35.5. The van der Waals surface area contributed by atoms with E-state index in [0.29, 0.717) is 5.89 Å². The van der Waals surface area contributed by atoms with Gasteiger partial charge in [0, 0.05) is 5.41 Å². The van der Waals surface area contributed by atoms with Crippen LogP contribution in [0.2, 0.25) is 0 Å². The Morgan fingerprint density at radius 1 is 1.10 bits per heavy atom. The highest BCUT2D eigenvalue weighted by Crippen LogP contribution is 2.60. The molecule has 4 fully saturated rings. The van der Waals surface area contributed by atoms with Gasteiger partial charge in [0.1, 0.15) is 0 Å². The molecule has 4 bridgehead atoms. The van der Waals surface area contributed by atoms with Crippen molar-refractivity contribution in [3.05, 3.63) is 11.7 Å². The van der Waals surface area contributed by atoms with Crippen LogP contribution in [0.25, 0.3) is 0 Å². The third kappa shape index (κ3) is 2.08. The molecule has 4 aliphatic carbocycles. The molecule has 0 aromatic carbocycles. The Labute approximate surface area is 126 Å². The summed E-state index contributed by atoms with van der Waals surface area (Å²) in [4.78, 5) is 4.67. The summed E-state index contributed by atoms with van der Waals surface area (Å²) in [5.74, 6) is 4.23. The molecule has 0 saturated heterocycles. The van der Waals surface area contributed by atoms with Gasteiger partial charge >= 0.3 is 0 Å². The molecule has 5 heteroatoms. The lowest BCUT2D eigenvalue weighted by Gasteiger charge is -2.55. The number of nitrogens with zero attached hydrogens (tertiary/aromatic N) is 2. The van der Waals surface area contributed by atoms with E-state index >= 15 is 0 Å². The number of hydrogen-bond acceptors (Lipinski definition) is 4. The van der Waals surface area contributed by atoms with E-state index in [-0.39, 0.29) is 17.8 Å². The summed E-state index contributed by atoms with van der Waals surface area (Å²) in [5, 5.41) is 4.31. The smallest absolute Gasteiger partial charge is 0.246 e. The van der Waals surface area contributed by atoms with Crippen LogP contribution >= 0.6 is 12.4 Å². The zero-order valence-electron chi connectivity index (χ0n) is 12.3. The number of hydrogen-bond donors (Lipinski definition) is 1. The predicted octanol–water partition coefficient (Wildman–Crippen LogP) is 3.15. The van der Waals surface area contributed by atoms with E-state index in [9.17, 15) is 0 Å². The van der Waals surface area contributed by atoms with Crippen LogP contribution in [0.4, 0.5) is 0 Å². The second-order valence-electron chi connectivity index (χ2n) is 7.84. The van der Waals surface area contributed by atoms with Gasteiger partial charge in [-0.25, -0.2) is 0 Å². The molecule has 2 N–H and O–H groups in total. The zero-order valence-corrected chi connectivity index (χ0v) is 13.1. The molecule has 20 heavy (non-hydrogen) atoms. The predicted molar refractivity (Wildman–Crippen MR) is 78.6 cm³/mol. The fraction of sp³-hybridized carbons (Fsp3) is 0.867. The largest absolute Gasteiger partial charge is 0.337 e. The Hall–Kier alpha value is -0.610. The summed E-state index contributed by atoms with van der Waals surface area (Å²) in [6.45, 7) is 3.84. The minimum atomic E-state index is -0.534. The van der Waals surface area contributed by atoms with Crippen LogP contribution in [0, 0.1) is 17.8 Å². The van der Waals surface area contributed by atoms with Crippen molar-refractivity contribution in [2.24, 2.45) is 23.5 Å². The van der Waals surface area contributed by atoms with Gasteiger partial charge in [-0.2, -0.15) is 4.98 Å². The van der Waals surface area contributed by atoms with Crippen LogP contribution in [0.1, 0.15) is 64.1 Å². The van der Waals surface area contributed by atoms with E-state index in [1.165, 1.54) is 38.5 Å². The first-order valence-electron chi connectivity index (χ1n) is 7.58. The Morgan fingerprint density at radius 2 is 1.60 bits per heavy atom. The highest BCUT2D eigenvalue weighted by Gasteiger charge is 2.54. The van der Waals surface area contributed by atoms with Gasteiger partial charge in [-0.1, -0.05) is 5.16 Å². The monoisotopic (exact) mass is 297 g/mol. The van der Waals surface area contributed by atoms with Crippen molar-refractivity contribution >= 4 is 12.4 Å². The van der Waals surface area contributed by atoms with E-state index < -0.39 is 5.54 Å².